The highest BCUT2D eigenvalue weighted by Gasteiger charge is 2.17. The fourth-order valence-corrected chi connectivity index (χ4v) is 4.22. The van der Waals surface area contributed by atoms with Gasteiger partial charge in [0.15, 0.2) is 11.0 Å². The molecule has 1 aromatic heterocycles. The molecule has 0 fully saturated rings. The first-order valence-electron chi connectivity index (χ1n) is 9.58. The van der Waals surface area contributed by atoms with Gasteiger partial charge in [-0.1, -0.05) is 65.3 Å². The first-order valence-corrected chi connectivity index (χ1v) is 11.3. The zero-order chi connectivity index (χ0) is 22.5. The van der Waals surface area contributed by atoms with Crippen LogP contribution in [-0.2, 0) is 4.79 Å². The van der Waals surface area contributed by atoms with E-state index in [1.165, 1.54) is 11.8 Å². The average molecular weight is 485 g/mol. The first kappa shape index (κ1) is 22.2. The van der Waals surface area contributed by atoms with E-state index in [-0.39, 0.29) is 11.7 Å². The van der Waals surface area contributed by atoms with E-state index in [1.54, 1.807) is 25.3 Å². The second kappa shape index (κ2) is 10.1. The molecule has 6 nitrogen and oxygen atoms in total. The quantitative estimate of drug-likeness (QED) is 0.326. The Morgan fingerprint density at radius 2 is 1.78 bits per heavy atom. The molecule has 0 spiro atoms. The highest BCUT2D eigenvalue weighted by Crippen LogP contribution is 2.30. The molecule has 0 saturated heterocycles. The average Bonchev–Trinajstić information content (AvgIpc) is 3.24. The minimum absolute atomic E-state index is 0.127. The van der Waals surface area contributed by atoms with Gasteiger partial charge in [0.05, 0.1) is 23.6 Å². The molecule has 0 bridgehead atoms. The van der Waals surface area contributed by atoms with Gasteiger partial charge in [0.1, 0.15) is 5.75 Å². The summed E-state index contributed by atoms with van der Waals surface area (Å²) in [4.78, 5) is 12.5. The number of carbonyl (C=O) groups excluding carboxylic acids is 1. The molecule has 0 aliphatic heterocycles. The number of halogens is 2. The summed E-state index contributed by atoms with van der Waals surface area (Å²) in [5, 5.41) is 13.0. The molecule has 0 unspecified atom stereocenters. The van der Waals surface area contributed by atoms with Crippen LogP contribution in [-0.4, -0.2) is 33.5 Å². The summed E-state index contributed by atoms with van der Waals surface area (Å²) < 4.78 is 7.19. The third kappa shape index (κ3) is 5.07. The Morgan fingerprint density at radius 3 is 2.47 bits per heavy atom. The van der Waals surface area contributed by atoms with Gasteiger partial charge in [-0.25, -0.2) is 0 Å². The summed E-state index contributed by atoms with van der Waals surface area (Å²) in [5.74, 6) is 1.34. The third-order valence-electron chi connectivity index (χ3n) is 4.53. The number of anilines is 1. The van der Waals surface area contributed by atoms with E-state index >= 15 is 0 Å². The predicted octanol–water partition coefficient (Wildman–Crippen LogP) is 5.98. The van der Waals surface area contributed by atoms with E-state index in [4.69, 9.17) is 27.9 Å². The van der Waals surface area contributed by atoms with E-state index in [2.05, 4.69) is 15.5 Å². The Morgan fingerprint density at radius 1 is 1.03 bits per heavy atom. The number of methoxy groups -OCH3 is 1. The van der Waals surface area contributed by atoms with Crippen LogP contribution in [0.2, 0.25) is 10.0 Å². The van der Waals surface area contributed by atoms with Crippen molar-refractivity contribution in [3.8, 4) is 22.8 Å². The molecule has 4 rings (SSSR count). The molecule has 3 aromatic carbocycles. The number of hydrogen-bond donors (Lipinski definition) is 1. The Hall–Kier alpha value is -3.00. The number of amides is 1. The van der Waals surface area contributed by atoms with E-state index in [0.29, 0.717) is 26.7 Å². The van der Waals surface area contributed by atoms with Crippen molar-refractivity contribution in [3.63, 3.8) is 0 Å². The molecule has 32 heavy (non-hydrogen) atoms. The molecule has 162 valence electrons. The number of rotatable bonds is 7. The maximum absolute atomic E-state index is 12.5. The van der Waals surface area contributed by atoms with Crippen molar-refractivity contribution in [2.75, 3.05) is 18.2 Å². The van der Waals surface area contributed by atoms with Crippen molar-refractivity contribution in [2.24, 2.45) is 0 Å². The number of nitrogens with one attached hydrogen (secondary N) is 1. The van der Waals surface area contributed by atoms with Crippen molar-refractivity contribution < 1.29 is 9.53 Å². The lowest BCUT2D eigenvalue weighted by molar-refractivity contribution is -0.113. The van der Waals surface area contributed by atoms with Crippen LogP contribution in [0, 0.1) is 0 Å². The zero-order valence-electron chi connectivity index (χ0n) is 17.0. The minimum Gasteiger partial charge on any atom is -0.497 e. The predicted molar refractivity (Wildman–Crippen MR) is 129 cm³/mol. The third-order valence-corrected chi connectivity index (χ3v) is 6.01. The number of hydrogen-bond acceptors (Lipinski definition) is 5. The number of aromatic nitrogens is 3. The Bertz CT molecular complexity index is 1230. The SMILES string of the molecule is COc1ccc(-n2c(SCC(=O)Nc3ccc(Cl)cc3Cl)nnc2-c2ccccc2)cc1. The number of ether oxygens (including phenoxy) is 1. The number of thioether (sulfide) groups is 1. The maximum atomic E-state index is 12.5. The van der Waals surface area contributed by atoms with Gasteiger partial charge in [0.2, 0.25) is 5.91 Å². The van der Waals surface area contributed by atoms with Crippen molar-refractivity contribution in [1.82, 2.24) is 14.8 Å². The second-order valence-corrected chi connectivity index (χ2v) is 8.45. The van der Waals surface area contributed by atoms with Gasteiger partial charge in [-0.15, -0.1) is 10.2 Å². The molecule has 1 heterocycles. The highest BCUT2D eigenvalue weighted by atomic mass is 35.5. The van der Waals surface area contributed by atoms with E-state index in [0.717, 1.165) is 17.0 Å². The Labute approximate surface area is 199 Å². The van der Waals surface area contributed by atoms with E-state index in [9.17, 15) is 4.79 Å². The van der Waals surface area contributed by atoms with Crippen LogP contribution in [0.3, 0.4) is 0 Å². The van der Waals surface area contributed by atoms with Crippen molar-refractivity contribution in [1.29, 1.82) is 0 Å². The molecule has 0 aliphatic rings. The number of benzene rings is 3. The van der Waals surface area contributed by atoms with Gasteiger partial charge in [-0.05, 0) is 42.5 Å². The van der Waals surface area contributed by atoms with Crippen molar-refractivity contribution in [3.05, 3.63) is 82.8 Å². The van der Waals surface area contributed by atoms with Crippen LogP contribution in [0.15, 0.2) is 78.0 Å². The van der Waals surface area contributed by atoms with Crippen molar-refractivity contribution in [2.45, 2.75) is 5.16 Å². The van der Waals surface area contributed by atoms with E-state index < -0.39 is 0 Å². The molecule has 9 heteroatoms. The lowest BCUT2D eigenvalue weighted by Crippen LogP contribution is -2.15. The normalized spacial score (nSPS) is 10.7. The van der Waals surface area contributed by atoms with E-state index in [1.807, 2.05) is 59.2 Å². The van der Waals surface area contributed by atoms with Crippen LogP contribution in [0.25, 0.3) is 17.1 Å². The smallest absolute Gasteiger partial charge is 0.234 e. The highest BCUT2D eigenvalue weighted by molar-refractivity contribution is 7.99. The van der Waals surface area contributed by atoms with Crippen LogP contribution in [0.5, 0.6) is 5.75 Å². The topological polar surface area (TPSA) is 69.0 Å². The molecule has 0 atom stereocenters. The summed E-state index contributed by atoms with van der Waals surface area (Å²) in [7, 11) is 1.62. The lowest BCUT2D eigenvalue weighted by atomic mass is 10.2. The Balaban J connectivity index is 1.59. The van der Waals surface area contributed by atoms with Crippen LogP contribution in [0.4, 0.5) is 5.69 Å². The van der Waals surface area contributed by atoms with Crippen molar-refractivity contribution >= 4 is 46.6 Å². The van der Waals surface area contributed by atoms with Crippen LogP contribution >= 0.6 is 35.0 Å². The lowest BCUT2D eigenvalue weighted by Gasteiger charge is -2.11. The maximum Gasteiger partial charge on any atom is 0.234 e. The fourth-order valence-electron chi connectivity index (χ4n) is 3.01. The molecular formula is C23H18Cl2N4O2S. The molecule has 0 saturated carbocycles. The van der Waals surface area contributed by atoms with Gasteiger partial charge in [0.25, 0.3) is 0 Å². The summed E-state index contributed by atoms with van der Waals surface area (Å²) in [6, 6.07) is 22.3. The molecule has 1 amide bonds. The minimum atomic E-state index is -0.218. The van der Waals surface area contributed by atoms with Gasteiger partial charge in [0, 0.05) is 16.3 Å². The monoisotopic (exact) mass is 484 g/mol. The Kier molecular flexibility index (Phi) is 6.99. The van der Waals surface area contributed by atoms with Gasteiger partial charge in [-0.2, -0.15) is 0 Å². The summed E-state index contributed by atoms with van der Waals surface area (Å²) in [6.07, 6.45) is 0. The molecular weight excluding hydrogens is 467 g/mol. The molecule has 0 radical (unpaired) electrons. The standard InChI is InChI=1S/C23H18Cl2N4O2S/c1-31-18-10-8-17(9-11-18)29-22(15-5-3-2-4-6-15)27-28-23(29)32-14-21(30)26-20-12-7-16(24)13-19(20)25/h2-13H,14H2,1H3,(H,26,30). The second-order valence-electron chi connectivity index (χ2n) is 6.67. The summed E-state index contributed by atoms with van der Waals surface area (Å²) >= 11 is 13.3. The van der Waals surface area contributed by atoms with Crippen LogP contribution in [0.1, 0.15) is 0 Å². The zero-order valence-corrected chi connectivity index (χ0v) is 19.3. The van der Waals surface area contributed by atoms with Gasteiger partial charge < -0.3 is 10.1 Å². The molecule has 4 aromatic rings. The summed E-state index contributed by atoms with van der Waals surface area (Å²) in [6.45, 7) is 0. The first-order chi connectivity index (χ1) is 15.5. The van der Waals surface area contributed by atoms with Gasteiger partial charge in [-0.3, -0.25) is 9.36 Å². The number of nitrogens with zero attached hydrogens (tertiary/aromatic N) is 3. The molecule has 1 N–H and O–H groups in total. The summed E-state index contributed by atoms with van der Waals surface area (Å²) in [5.41, 5.74) is 2.28. The molecule has 0 aliphatic carbocycles. The van der Waals surface area contributed by atoms with Gasteiger partial charge >= 0.3 is 0 Å². The fraction of sp³-hybridized carbons (Fsp3) is 0.0870. The van der Waals surface area contributed by atoms with Crippen LogP contribution < -0.4 is 10.1 Å². The largest absolute Gasteiger partial charge is 0.497 e. The number of carbonyl (C=O) groups is 1.